The Kier molecular flexibility index (Phi) is 5.98. The summed E-state index contributed by atoms with van der Waals surface area (Å²) in [5.74, 6) is -0.488. The Hall–Kier alpha value is -3.62. The van der Waals surface area contributed by atoms with Gasteiger partial charge in [-0.15, -0.1) is 5.10 Å². The maximum absolute atomic E-state index is 13.0. The zero-order chi connectivity index (χ0) is 22.7. The van der Waals surface area contributed by atoms with Crippen molar-refractivity contribution in [3.63, 3.8) is 0 Å². The second-order valence-corrected chi connectivity index (χ2v) is 9.03. The molecule has 0 saturated carbocycles. The summed E-state index contributed by atoms with van der Waals surface area (Å²) < 4.78 is 31.0. The van der Waals surface area contributed by atoms with Crippen LogP contribution < -0.4 is 15.7 Å². The zero-order valence-corrected chi connectivity index (χ0v) is 18.4. The lowest BCUT2D eigenvalue weighted by atomic mass is 10.1. The maximum Gasteiger partial charge on any atom is 0.276 e. The fourth-order valence-corrected chi connectivity index (χ4v) is 3.91. The smallest absolute Gasteiger partial charge is 0.276 e. The molecule has 7 nitrogen and oxygen atoms in total. The number of rotatable bonds is 5. The van der Waals surface area contributed by atoms with Crippen molar-refractivity contribution in [2.24, 2.45) is 5.10 Å². The van der Waals surface area contributed by atoms with Crippen LogP contribution in [0.1, 0.15) is 15.9 Å². The van der Waals surface area contributed by atoms with Crippen LogP contribution >= 0.6 is 11.6 Å². The first-order valence-electron chi connectivity index (χ1n) is 9.54. The summed E-state index contributed by atoms with van der Waals surface area (Å²) in [6.45, 7) is 1.87. The largest absolute Gasteiger partial charge is 0.436 e. The number of sulfonamides is 1. The van der Waals surface area contributed by atoms with Gasteiger partial charge < -0.3 is 9.73 Å². The highest BCUT2D eigenvalue weighted by Gasteiger charge is 2.16. The second-order valence-electron chi connectivity index (χ2n) is 6.93. The maximum atomic E-state index is 13.0. The van der Waals surface area contributed by atoms with Gasteiger partial charge in [0.05, 0.1) is 4.90 Å². The highest BCUT2D eigenvalue weighted by atomic mass is 35.5. The van der Waals surface area contributed by atoms with Crippen LogP contribution in [0.3, 0.4) is 0 Å². The van der Waals surface area contributed by atoms with Crippen molar-refractivity contribution >= 4 is 44.2 Å². The first kappa shape index (κ1) is 21.6. The molecule has 0 unspecified atom stereocenters. The van der Waals surface area contributed by atoms with Crippen LogP contribution in [-0.4, -0.2) is 14.3 Å². The van der Waals surface area contributed by atoms with Gasteiger partial charge in [-0.2, -0.15) is 13.2 Å². The molecule has 32 heavy (non-hydrogen) atoms. The third kappa shape index (κ3) is 4.66. The molecule has 0 aliphatic heterocycles. The van der Waals surface area contributed by atoms with E-state index in [1.165, 1.54) is 24.3 Å². The first-order chi connectivity index (χ1) is 15.3. The molecule has 2 N–H and O–H groups in total. The normalized spacial score (nSPS) is 12.0. The third-order valence-electron chi connectivity index (χ3n) is 4.69. The molecule has 162 valence electrons. The number of hydrogen-bond donors (Lipinski definition) is 2. The molecule has 1 amide bonds. The molecule has 0 radical (unpaired) electrons. The molecule has 1 aromatic heterocycles. The number of hydrogen-bond acceptors (Lipinski definition) is 5. The van der Waals surface area contributed by atoms with Crippen molar-refractivity contribution in [1.29, 1.82) is 0 Å². The van der Waals surface area contributed by atoms with Crippen LogP contribution in [0.25, 0.3) is 11.0 Å². The van der Waals surface area contributed by atoms with E-state index in [1.54, 1.807) is 42.5 Å². The molecule has 0 spiro atoms. The minimum atomic E-state index is -4.00. The van der Waals surface area contributed by atoms with Crippen LogP contribution in [0.15, 0.2) is 93.3 Å². The first-order valence-corrected chi connectivity index (χ1v) is 11.4. The Bertz CT molecular complexity index is 1480. The summed E-state index contributed by atoms with van der Waals surface area (Å²) in [5, 5.41) is 7.80. The van der Waals surface area contributed by atoms with Gasteiger partial charge in [0.15, 0.2) is 0 Å². The Labute approximate surface area is 189 Å². The third-order valence-corrected chi connectivity index (χ3v) is 6.16. The number of carbonyl (C=O) groups is 1. The van der Waals surface area contributed by atoms with E-state index in [4.69, 9.17) is 16.0 Å². The number of fused-ring (bicyclic) bond motifs is 1. The van der Waals surface area contributed by atoms with Crippen molar-refractivity contribution in [3.8, 4) is 0 Å². The molecule has 1 heterocycles. The predicted octanol–water partition coefficient (Wildman–Crippen LogP) is 4.44. The quantitative estimate of drug-likeness (QED) is 0.423. The lowest BCUT2D eigenvalue weighted by Gasteiger charge is -2.09. The highest BCUT2D eigenvalue weighted by Crippen LogP contribution is 2.17. The molecule has 9 heteroatoms. The van der Waals surface area contributed by atoms with Gasteiger partial charge in [-0.05, 0) is 55.0 Å². The number of amides is 1. The van der Waals surface area contributed by atoms with Crippen LogP contribution in [0.4, 0.5) is 5.69 Å². The zero-order valence-electron chi connectivity index (χ0n) is 16.9. The fraction of sp³-hybridized carbons (Fsp3) is 0.0435. The van der Waals surface area contributed by atoms with Crippen LogP contribution in [0.2, 0.25) is 5.02 Å². The molecule has 0 fully saturated rings. The van der Waals surface area contributed by atoms with Crippen molar-refractivity contribution in [2.45, 2.75) is 11.8 Å². The van der Waals surface area contributed by atoms with Gasteiger partial charge in [0.25, 0.3) is 15.9 Å². The molecule has 0 bridgehead atoms. The van der Waals surface area contributed by atoms with E-state index in [0.717, 1.165) is 5.56 Å². The summed E-state index contributed by atoms with van der Waals surface area (Å²) >= 11 is 5.83. The Morgan fingerprint density at radius 3 is 2.41 bits per heavy atom. The highest BCUT2D eigenvalue weighted by molar-refractivity contribution is 7.89. The Morgan fingerprint density at radius 2 is 1.66 bits per heavy atom. The average molecular weight is 468 g/mol. The summed E-state index contributed by atoms with van der Waals surface area (Å²) in [6.07, 6.45) is 0. The number of para-hydroxylation sites is 2. The number of anilines is 1. The summed E-state index contributed by atoms with van der Waals surface area (Å²) in [7, 11) is -4.00. The average Bonchev–Trinajstić information content (AvgIpc) is 2.79. The van der Waals surface area contributed by atoms with Crippen molar-refractivity contribution in [1.82, 2.24) is 4.83 Å². The minimum Gasteiger partial charge on any atom is -0.436 e. The van der Waals surface area contributed by atoms with Crippen LogP contribution in [0.5, 0.6) is 0 Å². The number of aryl methyl sites for hydroxylation is 1. The van der Waals surface area contributed by atoms with E-state index in [-0.39, 0.29) is 16.0 Å². The second kappa shape index (κ2) is 8.86. The lowest BCUT2D eigenvalue weighted by molar-refractivity contribution is 0.102. The van der Waals surface area contributed by atoms with E-state index in [1.807, 2.05) is 19.1 Å². The number of nitrogens with one attached hydrogen (secondary N) is 2. The molecule has 0 saturated heterocycles. The van der Waals surface area contributed by atoms with Gasteiger partial charge >= 0.3 is 0 Å². The van der Waals surface area contributed by atoms with Crippen LogP contribution in [-0.2, 0) is 10.0 Å². The van der Waals surface area contributed by atoms with E-state index in [9.17, 15) is 13.2 Å². The molecule has 4 rings (SSSR count). The summed E-state index contributed by atoms with van der Waals surface area (Å²) in [4.78, 5) is 15.1. The van der Waals surface area contributed by atoms with Gasteiger partial charge in [-0.1, -0.05) is 48.0 Å². The molecule has 3 aromatic carbocycles. The Balaban J connectivity index is 1.76. The summed E-state index contributed by atoms with van der Waals surface area (Å²) in [5.41, 5.74) is 1.85. The van der Waals surface area contributed by atoms with E-state index in [2.05, 4.69) is 15.2 Å². The van der Waals surface area contributed by atoms with Gasteiger partial charge in [0, 0.05) is 16.1 Å². The number of halogens is 1. The topological polar surface area (TPSA) is 101 Å². The standard InChI is InChI=1S/C23H18ClN3O4S/c1-15-6-2-4-8-20(15)25-22(28)19-14-16-7-3-5-9-21(16)31-23(19)26-27-32(29,30)18-12-10-17(24)11-13-18/h2-14,27H,1H3,(H,25,28)/b26-23-. The Morgan fingerprint density at radius 1 is 0.969 bits per heavy atom. The molecule has 4 aromatic rings. The molecular formula is C23H18ClN3O4S. The molecule has 0 aliphatic rings. The fourth-order valence-electron chi connectivity index (χ4n) is 2.99. The van der Waals surface area contributed by atoms with E-state index < -0.39 is 15.9 Å². The van der Waals surface area contributed by atoms with Crippen molar-refractivity contribution in [3.05, 3.63) is 101 Å². The van der Waals surface area contributed by atoms with Gasteiger partial charge in [-0.25, -0.2) is 0 Å². The van der Waals surface area contributed by atoms with Crippen molar-refractivity contribution < 1.29 is 17.6 Å². The number of benzene rings is 3. The predicted molar refractivity (Wildman–Crippen MR) is 123 cm³/mol. The van der Waals surface area contributed by atoms with Crippen molar-refractivity contribution in [2.75, 3.05) is 5.32 Å². The van der Waals surface area contributed by atoms with Crippen LogP contribution in [0, 0.1) is 6.92 Å². The number of carbonyl (C=O) groups excluding carboxylic acids is 1. The molecule has 0 aliphatic carbocycles. The number of nitrogens with zero attached hydrogens (tertiary/aromatic N) is 1. The van der Waals surface area contributed by atoms with Gasteiger partial charge in [0.2, 0.25) is 5.55 Å². The van der Waals surface area contributed by atoms with E-state index >= 15 is 0 Å². The molecular weight excluding hydrogens is 450 g/mol. The van der Waals surface area contributed by atoms with E-state index in [0.29, 0.717) is 21.7 Å². The minimum absolute atomic E-state index is 0.0302. The SMILES string of the molecule is Cc1ccccc1NC(=O)c1cc2ccccc2o/c1=N\NS(=O)(=O)c1ccc(Cl)cc1. The lowest BCUT2D eigenvalue weighted by Crippen LogP contribution is -2.27. The monoisotopic (exact) mass is 467 g/mol. The summed E-state index contributed by atoms with van der Waals surface area (Å²) in [6, 6.07) is 21.6. The van der Waals surface area contributed by atoms with Gasteiger partial charge in [-0.3, -0.25) is 4.79 Å². The van der Waals surface area contributed by atoms with Gasteiger partial charge in [0.1, 0.15) is 11.1 Å². The molecule has 0 atom stereocenters.